The molecule has 0 aromatic rings. The minimum atomic E-state index is -0.843. The highest BCUT2D eigenvalue weighted by Gasteiger charge is 2.18. The van der Waals surface area contributed by atoms with E-state index in [0.29, 0.717) is 19.4 Å². The van der Waals surface area contributed by atoms with Crippen LogP contribution in [0.3, 0.4) is 0 Å². The molecule has 0 aliphatic heterocycles. The Morgan fingerprint density at radius 1 is 0.321 bits per heavy atom. The molecule has 0 spiro atoms. The van der Waals surface area contributed by atoms with E-state index in [0.717, 1.165) is 38.5 Å². The van der Waals surface area contributed by atoms with Crippen LogP contribution in [-0.4, -0.2) is 47.4 Å². The van der Waals surface area contributed by atoms with E-state index in [9.17, 15) is 19.8 Å². The number of esters is 1. The first kappa shape index (κ1) is 82.6. The van der Waals surface area contributed by atoms with Crippen molar-refractivity contribution in [3.63, 3.8) is 0 Å². The van der Waals surface area contributed by atoms with Gasteiger partial charge in [0, 0.05) is 12.8 Å². The number of unbranched alkanes of at least 4 members (excludes halogenated alkanes) is 63. The second-order valence-electron chi connectivity index (χ2n) is 27.1. The van der Waals surface area contributed by atoms with E-state index in [4.69, 9.17) is 4.74 Å². The normalized spacial score (nSPS) is 12.5. The smallest absolute Gasteiger partial charge is 0.305 e. The molecule has 2 unspecified atom stereocenters. The predicted octanol–water partition coefficient (Wildman–Crippen LogP) is 25.5. The van der Waals surface area contributed by atoms with Gasteiger partial charge in [-0.2, -0.15) is 0 Å². The first-order valence-corrected chi connectivity index (χ1v) is 39.0. The quantitative estimate of drug-likeness (QED) is 0.0320. The molecule has 6 nitrogen and oxygen atoms in total. The van der Waals surface area contributed by atoms with Gasteiger partial charge in [-0.1, -0.05) is 418 Å². The van der Waals surface area contributed by atoms with Crippen molar-refractivity contribution in [3.05, 3.63) is 12.2 Å². The lowest BCUT2D eigenvalue weighted by molar-refractivity contribution is -0.143. The van der Waals surface area contributed by atoms with Gasteiger partial charge < -0.3 is 20.3 Å². The molecule has 3 N–H and O–H groups in total. The second-order valence-corrected chi connectivity index (χ2v) is 27.1. The largest absolute Gasteiger partial charge is 0.466 e. The lowest BCUT2D eigenvalue weighted by Crippen LogP contribution is -2.45. The van der Waals surface area contributed by atoms with E-state index in [1.165, 1.54) is 385 Å². The van der Waals surface area contributed by atoms with Crippen LogP contribution in [0.1, 0.15) is 450 Å². The monoisotopic (exact) mass is 1180 g/mol. The Hall–Kier alpha value is -1.40. The molecule has 2 atom stereocenters. The van der Waals surface area contributed by atoms with Crippen LogP contribution < -0.4 is 5.32 Å². The number of rotatable bonds is 74. The van der Waals surface area contributed by atoms with Crippen LogP contribution in [0.4, 0.5) is 0 Å². The summed E-state index contributed by atoms with van der Waals surface area (Å²) < 4.78 is 5.50. The summed E-state index contributed by atoms with van der Waals surface area (Å²) in [6.45, 7) is 4.96. The first-order chi connectivity index (χ1) is 41.5. The van der Waals surface area contributed by atoms with Crippen LogP contribution in [0, 0.1) is 0 Å². The second kappa shape index (κ2) is 74.1. The number of carbonyl (C=O) groups excluding carboxylic acids is 2. The zero-order valence-corrected chi connectivity index (χ0v) is 57.4. The van der Waals surface area contributed by atoms with Crippen molar-refractivity contribution < 1.29 is 24.5 Å². The molecule has 500 valence electrons. The molecule has 0 rings (SSSR count). The maximum absolute atomic E-state index is 12.6. The van der Waals surface area contributed by atoms with E-state index in [2.05, 4.69) is 19.2 Å². The summed E-state index contributed by atoms with van der Waals surface area (Å²) in [4.78, 5) is 24.6. The number of amides is 1. The lowest BCUT2D eigenvalue weighted by Gasteiger charge is -2.20. The number of ether oxygens (including phenoxy) is 1. The highest BCUT2D eigenvalue weighted by molar-refractivity contribution is 5.76. The minimum Gasteiger partial charge on any atom is -0.466 e. The van der Waals surface area contributed by atoms with Gasteiger partial charge in [-0.25, -0.2) is 0 Å². The fourth-order valence-electron chi connectivity index (χ4n) is 12.6. The Balaban J connectivity index is 3.36. The summed E-state index contributed by atoms with van der Waals surface area (Å²) in [6, 6.07) is -0.626. The van der Waals surface area contributed by atoms with Crippen molar-refractivity contribution in [2.24, 2.45) is 0 Å². The third-order valence-corrected chi connectivity index (χ3v) is 18.6. The molecular weight excluding hydrogens is 1030 g/mol. The van der Waals surface area contributed by atoms with Crippen molar-refractivity contribution in [1.29, 1.82) is 0 Å². The lowest BCUT2D eigenvalue weighted by atomic mass is 10.0. The first-order valence-electron chi connectivity index (χ1n) is 39.0. The number of nitrogens with one attached hydrogen (secondary N) is 1. The summed E-state index contributed by atoms with van der Waals surface area (Å²) in [6.07, 6.45) is 93.3. The number of hydrogen-bond acceptors (Lipinski definition) is 5. The summed E-state index contributed by atoms with van der Waals surface area (Å²) in [5, 5.41) is 23.3. The molecule has 0 saturated heterocycles. The Labute approximate surface area is 527 Å². The van der Waals surface area contributed by atoms with Crippen LogP contribution in [-0.2, 0) is 14.3 Å². The molecule has 0 aliphatic carbocycles. The van der Waals surface area contributed by atoms with Crippen LogP contribution >= 0.6 is 0 Å². The Morgan fingerprint density at radius 2 is 0.548 bits per heavy atom. The van der Waals surface area contributed by atoms with Crippen molar-refractivity contribution in [2.75, 3.05) is 13.2 Å². The van der Waals surface area contributed by atoms with Crippen LogP contribution in [0.2, 0.25) is 0 Å². The van der Waals surface area contributed by atoms with E-state index < -0.39 is 12.1 Å². The van der Waals surface area contributed by atoms with Crippen molar-refractivity contribution in [1.82, 2.24) is 5.32 Å². The van der Waals surface area contributed by atoms with Gasteiger partial charge in [0.05, 0.1) is 25.4 Å². The number of allylic oxidation sites excluding steroid dienone is 1. The van der Waals surface area contributed by atoms with E-state index in [1.807, 2.05) is 6.08 Å². The van der Waals surface area contributed by atoms with E-state index in [1.54, 1.807) is 6.08 Å². The number of aliphatic hydroxyl groups is 2. The molecule has 6 heteroatoms. The molecule has 0 bridgehead atoms. The maximum atomic E-state index is 12.6. The average molecular weight is 1190 g/mol. The number of carbonyl (C=O) groups is 2. The molecule has 84 heavy (non-hydrogen) atoms. The zero-order valence-electron chi connectivity index (χ0n) is 57.4. The van der Waals surface area contributed by atoms with Crippen molar-refractivity contribution >= 4 is 11.9 Å². The van der Waals surface area contributed by atoms with Crippen LogP contribution in [0.25, 0.3) is 0 Å². The fourth-order valence-corrected chi connectivity index (χ4v) is 12.6. The summed E-state index contributed by atoms with van der Waals surface area (Å²) in [7, 11) is 0. The van der Waals surface area contributed by atoms with Crippen molar-refractivity contribution in [2.45, 2.75) is 463 Å². The van der Waals surface area contributed by atoms with Crippen molar-refractivity contribution in [3.8, 4) is 0 Å². The summed E-state index contributed by atoms with van der Waals surface area (Å²) in [5.41, 5.74) is 0. The highest BCUT2D eigenvalue weighted by Crippen LogP contribution is 2.20. The summed E-state index contributed by atoms with van der Waals surface area (Å²) >= 11 is 0. The molecule has 0 saturated carbocycles. The maximum Gasteiger partial charge on any atom is 0.305 e. The number of aliphatic hydroxyl groups excluding tert-OH is 2. The van der Waals surface area contributed by atoms with Gasteiger partial charge in [0.1, 0.15) is 0 Å². The highest BCUT2D eigenvalue weighted by atomic mass is 16.5. The standard InChI is InChI=1S/C78H153NO5/c1-3-5-7-9-11-13-15-17-19-20-21-22-23-28-31-34-37-40-43-46-50-54-58-62-66-70-76(81)75(74-80)79-77(82)71-67-63-59-55-51-47-44-41-38-35-32-29-26-24-25-27-30-33-36-39-42-45-49-53-57-61-65-69-73-84-78(83)72-68-64-60-56-52-48-18-16-14-12-10-8-6-4-2/h66,70,75-76,80-81H,3-65,67-69,71-74H2,1-2H3,(H,79,82)/b70-66+. The Bertz CT molecular complexity index is 1270. The zero-order chi connectivity index (χ0) is 60.6. The molecule has 0 aliphatic rings. The van der Waals surface area contributed by atoms with Gasteiger partial charge in [-0.3, -0.25) is 9.59 Å². The fraction of sp³-hybridized carbons (Fsp3) is 0.949. The summed E-state index contributed by atoms with van der Waals surface area (Å²) in [5.74, 6) is -0.0370. The van der Waals surface area contributed by atoms with Crippen LogP contribution in [0.15, 0.2) is 12.2 Å². The van der Waals surface area contributed by atoms with Gasteiger partial charge >= 0.3 is 5.97 Å². The SMILES string of the molecule is CCCCCCCCCCCCCCCCCCCCCCCCC/C=C/C(O)C(CO)NC(=O)CCCCCCCCCCCCCCCCCCCCCCCCCCCCCCOC(=O)CCCCCCCCCCCCCCCC. The molecule has 0 fully saturated rings. The molecule has 0 aromatic heterocycles. The van der Waals surface area contributed by atoms with Gasteiger partial charge in [0.2, 0.25) is 5.91 Å². The molecule has 0 heterocycles. The van der Waals surface area contributed by atoms with E-state index >= 15 is 0 Å². The van der Waals surface area contributed by atoms with E-state index in [-0.39, 0.29) is 18.5 Å². The average Bonchev–Trinajstić information content (AvgIpc) is 3.51. The molecular formula is C78H153NO5. The minimum absolute atomic E-state index is 0.0220. The number of hydrogen-bond donors (Lipinski definition) is 3. The topological polar surface area (TPSA) is 95.9 Å². The molecule has 1 amide bonds. The van der Waals surface area contributed by atoms with Crippen LogP contribution in [0.5, 0.6) is 0 Å². The molecule has 0 radical (unpaired) electrons. The molecule has 0 aromatic carbocycles. The van der Waals surface area contributed by atoms with Gasteiger partial charge in [-0.05, 0) is 32.1 Å². The third-order valence-electron chi connectivity index (χ3n) is 18.6. The Morgan fingerprint density at radius 3 is 0.810 bits per heavy atom. The Kier molecular flexibility index (Phi) is 72.8. The predicted molar refractivity (Wildman–Crippen MR) is 370 cm³/mol. The van der Waals surface area contributed by atoms with Gasteiger partial charge in [0.25, 0.3) is 0 Å². The third kappa shape index (κ3) is 69.7. The van der Waals surface area contributed by atoms with Gasteiger partial charge in [-0.15, -0.1) is 0 Å². The van der Waals surface area contributed by atoms with Gasteiger partial charge in [0.15, 0.2) is 0 Å².